The van der Waals surface area contributed by atoms with Crippen LogP contribution >= 0.6 is 11.6 Å². The number of anilines is 1. The van der Waals surface area contributed by atoms with Crippen LogP contribution in [0.15, 0.2) is 54.6 Å². The zero-order chi connectivity index (χ0) is 19.2. The summed E-state index contributed by atoms with van der Waals surface area (Å²) in [5.74, 6) is 1.52. The first-order valence-electron chi connectivity index (χ1n) is 8.50. The summed E-state index contributed by atoms with van der Waals surface area (Å²) in [4.78, 5) is 0. The van der Waals surface area contributed by atoms with Crippen molar-refractivity contribution >= 4 is 17.3 Å². The number of nitriles is 1. The van der Waals surface area contributed by atoms with Crippen molar-refractivity contribution < 1.29 is 9.47 Å². The van der Waals surface area contributed by atoms with Crippen molar-refractivity contribution in [3.8, 4) is 17.6 Å². The van der Waals surface area contributed by atoms with Gasteiger partial charge in [-0.25, -0.2) is 0 Å². The number of rotatable bonds is 7. The van der Waals surface area contributed by atoms with E-state index in [1.807, 2.05) is 53.1 Å². The highest BCUT2D eigenvalue weighted by atomic mass is 35.5. The summed E-state index contributed by atoms with van der Waals surface area (Å²) < 4.78 is 12.8. The molecule has 6 heteroatoms. The van der Waals surface area contributed by atoms with Gasteiger partial charge in [0, 0.05) is 17.1 Å². The van der Waals surface area contributed by atoms with E-state index in [1.54, 1.807) is 13.2 Å². The molecule has 0 saturated carbocycles. The van der Waals surface area contributed by atoms with Crippen LogP contribution in [-0.2, 0) is 13.0 Å². The maximum absolute atomic E-state index is 9.43. The van der Waals surface area contributed by atoms with Crippen LogP contribution < -0.4 is 15.2 Å². The number of methoxy groups -OCH3 is 1. The molecule has 1 heterocycles. The average molecular weight is 382 g/mol. The molecule has 3 rings (SSSR count). The molecule has 0 aliphatic heterocycles. The Balaban J connectivity index is 1.73. The molecule has 3 aromatic rings. The lowest BCUT2D eigenvalue weighted by Crippen LogP contribution is -2.13. The summed E-state index contributed by atoms with van der Waals surface area (Å²) in [7, 11) is 1.62. The van der Waals surface area contributed by atoms with Crippen molar-refractivity contribution in [1.82, 2.24) is 4.57 Å². The summed E-state index contributed by atoms with van der Waals surface area (Å²) in [6, 6.07) is 18.9. The third-order valence-electron chi connectivity index (χ3n) is 4.28. The fraction of sp³-hybridized carbons (Fsp3) is 0.190. The van der Waals surface area contributed by atoms with Crippen molar-refractivity contribution in [1.29, 1.82) is 5.26 Å². The molecule has 0 atom stereocenters. The van der Waals surface area contributed by atoms with E-state index >= 15 is 0 Å². The largest absolute Gasteiger partial charge is 0.497 e. The highest BCUT2D eigenvalue weighted by molar-refractivity contribution is 6.30. The Hall–Kier alpha value is -3.10. The maximum Gasteiger partial charge on any atom is 0.122 e. The monoisotopic (exact) mass is 381 g/mol. The Morgan fingerprint density at radius 1 is 1.07 bits per heavy atom. The number of aromatic nitrogens is 1. The van der Waals surface area contributed by atoms with E-state index in [0.29, 0.717) is 36.0 Å². The summed E-state index contributed by atoms with van der Waals surface area (Å²) in [6.07, 6.45) is 0.618. The van der Waals surface area contributed by atoms with Crippen LogP contribution in [0.3, 0.4) is 0 Å². The lowest BCUT2D eigenvalue weighted by molar-refractivity contribution is 0.296. The van der Waals surface area contributed by atoms with Gasteiger partial charge < -0.3 is 19.8 Å². The van der Waals surface area contributed by atoms with Gasteiger partial charge in [-0.1, -0.05) is 23.7 Å². The first-order valence-corrected chi connectivity index (χ1v) is 8.88. The van der Waals surface area contributed by atoms with Gasteiger partial charge in [-0.05, 0) is 48.0 Å². The highest BCUT2D eigenvalue weighted by Gasteiger charge is 2.14. The molecule has 0 spiro atoms. The lowest BCUT2D eigenvalue weighted by atomic mass is 10.1. The topological polar surface area (TPSA) is 73.2 Å². The normalized spacial score (nSPS) is 10.4. The smallest absolute Gasteiger partial charge is 0.122 e. The van der Waals surface area contributed by atoms with Gasteiger partial charge in [0.1, 0.15) is 29.9 Å². The summed E-state index contributed by atoms with van der Waals surface area (Å²) in [5.41, 5.74) is 9.25. The Kier molecular flexibility index (Phi) is 5.90. The zero-order valence-corrected chi connectivity index (χ0v) is 15.7. The molecule has 5 nitrogen and oxygen atoms in total. The Labute approximate surface area is 163 Å². The van der Waals surface area contributed by atoms with Crippen LogP contribution in [0.5, 0.6) is 11.5 Å². The third kappa shape index (κ3) is 4.55. The molecule has 0 bridgehead atoms. The molecule has 0 fully saturated rings. The van der Waals surface area contributed by atoms with Crippen molar-refractivity contribution in [3.63, 3.8) is 0 Å². The number of nitrogens with zero attached hydrogens (tertiary/aromatic N) is 2. The van der Waals surface area contributed by atoms with E-state index in [4.69, 9.17) is 26.8 Å². The summed E-state index contributed by atoms with van der Waals surface area (Å²) in [6.45, 7) is 0.942. The molecule has 0 amide bonds. The van der Waals surface area contributed by atoms with Gasteiger partial charge in [0.05, 0.1) is 19.3 Å². The molecule has 138 valence electrons. The van der Waals surface area contributed by atoms with Crippen molar-refractivity contribution in [2.75, 3.05) is 19.5 Å². The number of halogens is 1. The fourth-order valence-corrected chi connectivity index (χ4v) is 3.00. The van der Waals surface area contributed by atoms with Crippen LogP contribution in [0, 0.1) is 11.3 Å². The van der Waals surface area contributed by atoms with Crippen LogP contribution in [0.4, 0.5) is 5.69 Å². The van der Waals surface area contributed by atoms with E-state index in [-0.39, 0.29) is 0 Å². The number of ether oxygens (including phenoxy) is 2. The van der Waals surface area contributed by atoms with Crippen LogP contribution in [0.2, 0.25) is 5.02 Å². The molecule has 0 aliphatic carbocycles. The second kappa shape index (κ2) is 8.52. The SMILES string of the molecule is COc1ccc(OCCn2c(C#N)cc(N)c2Cc2ccc(Cl)cc2)cc1. The molecule has 2 N–H and O–H groups in total. The first kappa shape index (κ1) is 18.7. The Morgan fingerprint density at radius 3 is 2.37 bits per heavy atom. The lowest BCUT2D eigenvalue weighted by Gasteiger charge is -2.13. The van der Waals surface area contributed by atoms with Crippen molar-refractivity contribution in [2.24, 2.45) is 0 Å². The molecule has 0 radical (unpaired) electrons. The van der Waals surface area contributed by atoms with Crippen LogP contribution in [-0.4, -0.2) is 18.3 Å². The summed E-state index contributed by atoms with van der Waals surface area (Å²) >= 11 is 5.95. The van der Waals surface area contributed by atoms with Crippen LogP contribution in [0.1, 0.15) is 17.0 Å². The second-order valence-corrected chi connectivity index (χ2v) is 6.46. The number of nitrogen functional groups attached to an aromatic ring is 1. The molecular formula is C21H20ClN3O2. The van der Waals surface area contributed by atoms with Gasteiger partial charge in [-0.2, -0.15) is 5.26 Å². The van der Waals surface area contributed by atoms with E-state index in [0.717, 1.165) is 22.8 Å². The summed E-state index contributed by atoms with van der Waals surface area (Å²) in [5, 5.41) is 10.1. The Bertz CT molecular complexity index is 941. The van der Waals surface area contributed by atoms with Gasteiger partial charge in [-0.3, -0.25) is 0 Å². The quantitative estimate of drug-likeness (QED) is 0.663. The number of hydrogen-bond donors (Lipinski definition) is 1. The van der Waals surface area contributed by atoms with E-state index in [9.17, 15) is 5.26 Å². The molecule has 2 aromatic carbocycles. The van der Waals surface area contributed by atoms with Gasteiger partial charge in [0.2, 0.25) is 0 Å². The minimum absolute atomic E-state index is 0.419. The molecule has 0 unspecified atom stereocenters. The van der Waals surface area contributed by atoms with Gasteiger partial charge in [0.25, 0.3) is 0 Å². The van der Waals surface area contributed by atoms with Crippen molar-refractivity contribution in [2.45, 2.75) is 13.0 Å². The standard InChI is InChI=1S/C21H20ClN3O2/c1-26-18-6-8-19(9-7-18)27-11-10-25-17(14-23)13-20(24)21(25)12-15-2-4-16(22)5-3-15/h2-9,13H,10-12,24H2,1H3. The predicted octanol–water partition coefficient (Wildman–Crippen LogP) is 4.27. The third-order valence-corrected chi connectivity index (χ3v) is 4.54. The van der Waals surface area contributed by atoms with Gasteiger partial charge in [-0.15, -0.1) is 0 Å². The molecule has 0 saturated heterocycles. The fourth-order valence-electron chi connectivity index (χ4n) is 2.88. The second-order valence-electron chi connectivity index (χ2n) is 6.02. The Morgan fingerprint density at radius 2 is 1.74 bits per heavy atom. The molecule has 27 heavy (non-hydrogen) atoms. The predicted molar refractivity (Wildman–Crippen MR) is 106 cm³/mol. The average Bonchev–Trinajstić information content (AvgIpc) is 2.99. The van der Waals surface area contributed by atoms with E-state index in [1.165, 1.54) is 0 Å². The van der Waals surface area contributed by atoms with Crippen LogP contribution in [0.25, 0.3) is 0 Å². The molecular weight excluding hydrogens is 362 g/mol. The first-order chi connectivity index (χ1) is 13.1. The zero-order valence-electron chi connectivity index (χ0n) is 15.0. The molecule has 0 aliphatic rings. The minimum atomic E-state index is 0.419. The van der Waals surface area contributed by atoms with Gasteiger partial charge in [0.15, 0.2) is 0 Å². The van der Waals surface area contributed by atoms with Crippen molar-refractivity contribution in [3.05, 3.63) is 76.6 Å². The maximum atomic E-state index is 9.43. The minimum Gasteiger partial charge on any atom is -0.497 e. The molecule has 1 aromatic heterocycles. The number of benzene rings is 2. The number of hydrogen-bond acceptors (Lipinski definition) is 4. The van der Waals surface area contributed by atoms with Gasteiger partial charge >= 0.3 is 0 Å². The highest BCUT2D eigenvalue weighted by Crippen LogP contribution is 2.23. The van der Waals surface area contributed by atoms with E-state index in [2.05, 4.69) is 6.07 Å². The van der Waals surface area contributed by atoms with E-state index < -0.39 is 0 Å². The number of nitrogens with two attached hydrogens (primary N) is 1.